The van der Waals surface area contributed by atoms with Crippen LogP contribution in [0, 0.1) is 11.6 Å². The molecule has 0 unspecified atom stereocenters. The molecule has 1 aliphatic heterocycles. The molecular formula is C23H16F2N4O. The van der Waals surface area contributed by atoms with Crippen LogP contribution in [0.4, 0.5) is 14.5 Å². The number of para-hydroxylation sites is 1. The molecule has 0 spiro atoms. The first-order chi connectivity index (χ1) is 14.6. The summed E-state index contributed by atoms with van der Waals surface area (Å²) in [6.45, 7) is 0.245. The molecule has 0 atom stereocenters. The monoisotopic (exact) mass is 402 g/mol. The van der Waals surface area contributed by atoms with E-state index in [0.717, 1.165) is 17.3 Å². The van der Waals surface area contributed by atoms with Gasteiger partial charge in [0, 0.05) is 23.7 Å². The highest BCUT2D eigenvalue weighted by molar-refractivity contribution is 6.05. The number of anilines is 1. The molecule has 2 heterocycles. The number of fused-ring (bicyclic) bond motifs is 1. The van der Waals surface area contributed by atoms with Crippen LogP contribution in [0.2, 0.25) is 0 Å². The summed E-state index contributed by atoms with van der Waals surface area (Å²) in [6, 6.07) is 20.8. The maximum Gasteiger partial charge on any atom is 0.297 e. The topological polar surface area (TPSA) is 51.0 Å². The smallest absolute Gasteiger partial charge is 0.297 e. The van der Waals surface area contributed by atoms with E-state index in [1.807, 2.05) is 60.7 Å². The second kappa shape index (κ2) is 7.18. The first kappa shape index (κ1) is 18.2. The van der Waals surface area contributed by atoms with Crippen LogP contribution in [0.5, 0.6) is 0 Å². The summed E-state index contributed by atoms with van der Waals surface area (Å²) in [5.41, 5.74) is 2.11. The maximum atomic E-state index is 14.1. The van der Waals surface area contributed by atoms with Crippen molar-refractivity contribution in [1.29, 1.82) is 0 Å². The minimum Gasteiger partial charge on any atom is -0.305 e. The third-order valence-corrected chi connectivity index (χ3v) is 5.09. The van der Waals surface area contributed by atoms with Crippen LogP contribution in [0.25, 0.3) is 17.1 Å². The lowest BCUT2D eigenvalue weighted by molar-refractivity contribution is 0.0979. The molecule has 0 aliphatic carbocycles. The third kappa shape index (κ3) is 3.04. The average molecular weight is 402 g/mol. The van der Waals surface area contributed by atoms with Gasteiger partial charge >= 0.3 is 0 Å². The Balaban J connectivity index is 1.60. The molecule has 0 saturated carbocycles. The normalized spacial score (nSPS) is 12.8. The van der Waals surface area contributed by atoms with Crippen molar-refractivity contribution in [3.05, 3.63) is 95.8 Å². The van der Waals surface area contributed by atoms with Crippen molar-refractivity contribution in [1.82, 2.24) is 14.8 Å². The second-order valence-electron chi connectivity index (χ2n) is 6.96. The molecule has 30 heavy (non-hydrogen) atoms. The molecule has 1 amide bonds. The van der Waals surface area contributed by atoms with Crippen LogP contribution in [0.3, 0.4) is 0 Å². The van der Waals surface area contributed by atoms with Crippen LogP contribution in [-0.2, 0) is 6.42 Å². The van der Waals surface area contributed by atoms with Gasteiger partial charge in [-0.25, -0.2) is 18.4 Å². The Morgan fingerprint density at radius 2 is 1.63 bits per heavy atom. The van der Waals surface area contributed by atoms with E-state index in [9.17, 15) is 13.6 Å². The van der Waals surface area contributed by atoms with Crippen LogP contribution in [0.1, 0.15) is 16.2 Å². The summed E-state index contributed by atoms with van der Waals surface area (Å²) in [5.74, 6) is -1.39. The molecule has 0 bridgehead atoms. The maximum absolute atomic E-state index is 14.1. The molecule has 5 nitrogen and oxygen atoms in total. The first-order valence-electron chi connectivity index (χ1n) is 9.49. The number of halogens is 2. The lowest BCUT2D eigenvalue weighted by atomic mass is 10.1. The summed E-state index contributed by atoms with van der Waals surface area (Å²) < 4.78 is 29.5. The minimum atomic E-state index is -0.723. The highest BCUT2D eigenvalue weighted by Crippen LogP contribution is 2.32. The minimum absolute atomic E-state index is 0.0322. The van der Waals surface area contributed by atoms with E-state index >= 15 is 0 Å². The molecule has 1 aromatic heterocycles. The standard InChI is InChI=1S/C23H16F2N4O/c24-16-13-19(25)18-11-12-28(20(18)14-16)23(30)21-26-22(15-7-3-1-4-8-15)29(27-21)17-9-5-2-6-10-17/h1-10,13-14H,11-12H2. The zero-order valence-corrected chi connectivity index (χ0v) is 15.8. The predicted octanol–water partition coefficient (Wildman–Crippen LogP) is 4.42. The lowest BCUT2D eigenvalue weighted by Gasteiger charge is -2.15. The highest BCUT2D eigenvalue weighted by atomic mass is 19.1. The number of hydrogen-bond acceptors (Lipinski definition) is 3. The van der Waals surface area contributed by atoms with Gasteiger partial charge < -0.3 is 4.90 Å². The van der Waals surface area contributed by atoms with Gasteiger partial charge in [0.15, 0.2) is 5.82 Å². The Hall–Kier alpha value is -3.87. The van der Waals surface area contributed by atoms with E-state index in [2.05, 4.69) is 10.1 Å². The Morgan fingerprint density at radius 3 is 2.37 bits per heavy atom. The van der Waals surface area contributed by atoms with Crippen LogP contribution < -0.4 is 4.90 Å². The lowest BCUT2D eigenvalue weighted by Crippen LogP contribution is -2.30. The van der Waals surface area contributed by atoms with Gasteiger partial charge in [-0.3, -0.25) is 4.79 Å². The molecule has 5 rings (SSSR count). The predicted molar refractivity (Wildman–Crippen MR) is 109 cm³/mol. The van der Waals surface area contributed by atoms with Gasteiger partial charge in [-0.05, 0) is 24.6 Å². The second-order valence-corrected chi connectivity index (χ2v) is 6.96. The van der Waals surface area contributed by atoms with E-state index in [1.54, 1.807) is 4.68 Å². The van der Waals surface area contributed by atoms with Crippen molar-refractivity contribution in [3.63, 3.8) is 0 Å². The summed E-state index contributed by atoms with van der Waals surface area (Å²) >= 11 is 0. The number of nitrogens with zero attached hydrogens (tertiary/aromatic N) is 4. The Morgan fingerprint density at radius 1 is 0.933 bits per heavy atom. The number of amides is 1. The Bertz CT molecular complexity index is 1180. The zero-order valence-electron chi connectivity index (χ0n) is 15.8. The van der Waals surface area contributed by atoms with Crippen LogP contribution in [-0.4, -0.2) is 27.2 Å². The van der Waals surface area contributed by atoms with Gasteiger partial charge in [0.1, 0.15) is 11.6 Å². The van der Waals surface area contributed by atoms with Gasteiger partial charge in [-0.1, -0.05) is 48.5 Å². The Kier molecular flexibility index (Phi) is 4.35. The fourth-order valence-corrected chi connectivity index (χ4v) is 3.68. The summed E-state index contributed by atoms with van der Waals surface area (Å²) in [6.07, 6.45) is 0.318. The largest absolute Gasteiger partial charge is 0.305 e. The number of carbonyl (C=O) groups excluding carboxylic acids is 1. The van der Waals surface area contributed by atoms with Crippen LogP contribution >= 0.6 is 0 Å². The molecule has 3 aromatic carbocycles. The van der Waals surface area contributed by atoms with E-state index in [4.69, 9.17) is 0 Å². The van der Waals surface area contributed by atoms with E-state index in [0.29, 0.717) is 17.8 Å². The number of benzene rings is 3. The molecule has 0 N–H and O–H groups in total. The molecule has 0 radical (unpaired) electrons. The summed E-state index contributed by atoms with van der Waals surface area (Å²) in [4.78, 5) is 19.0. The molecule has 0 saturated heterocycles. The summed E-state index contributed by atoms with van der Waals surface area (Å²) in [5, 5.41) is 4.45. The number of rotatable bonds is 3. The highest BCUT2D eigenvalue weighted by Gasteiger charge is 2.31. The van der Waals surface area contributed by atoms with E-state index in [-0.39, 0.29) is 18.1 Å². The molecular weight excluding hydrogens is 386 g/mol. The molecule has 148 valence electrons. The fraction of sp³-hybridized carbons (Fsp3) is 0.0870. The molecule has 7 heteroatoms. The van der Waals surface area contributed by atoms with Crippen molar-refractivity contribution in [2.24, 2.45) is 0 Å². The van der Waals surface area contributed by atoms with Crippen molar-refractivity contribution < 1.29 is 13.6 Å². The van der Waals surface area contributed by atoms with E-state index in [1.165, 1.54) is 11.0 Å². The van der Waals surface area contributed by atoms with Gasteiger partial charge in [-0.15, -0.1) is 5.10 Å². The average Bonchev–Trinajstić information content (AvgIpc) is 3.40. The van der Waals surface area contributed by atoms with Crippen molar-refractivity contribution in [3.8, 4) is 17.1 Å². The Labute approximate surface area is 171 Å². The van der Waals surface area contributed by atoms with Crippen molar-refractivity contribution in [2.75, 3.05) is 11.4 Å². The number of aromatic nitrogens is 3. The summed E-state index contributed by atoms with van der Waals surface area (Å²) in [7, 11) is 0. The SMILES string of the molecule is O=C(c1nc(-c2ccccc2)n(-c2ccccc2)n1)N1CCc2c(F)cc(F)cc21. The van der Waals surface area contributed by atoms with E-state index < -0.39 is 17.5 Å². The fourth-order valence-electron chi connectivity index (χ4n) is 3.68. The van der Waals surface area contributed by atoms with Gasteiger partial charge in [0.2, 0.25) is 5.82 Å². The van der Waals surface area contributed by atoms with Crippen molar-refractivity contribution in [2.45, 2.75) is 6.42 Å². The van der Waals surface area contributed by atoms with Gasteiger partial charge in [-0.2, -0.15) is 0 Å². The van der Waals surface area contributed by atoms with Crippen LogP contribution in [0.15, 0.2) is 72.8 Å². The van der Waals surface area contributed by atoms with Crippen molar-refractivity contribution >= 4 is 11.6 Å². The number of carbonyl (C=O) groups is 1. The molecule has 1 aliphatic rings. The van der Waals surface area contributed by atoms with Gasteiger partial charge in [0.05, 0.1) is 11.4 Å². The zero-order chi connectivity index (χ0) is 20.7. The quantitative estimate of drug-likeness (QED) is 0.510. The third-order valence-electron chi connectivity index (χ3n) is 5.09. The first-order valence-corrected chi connectivity index (χ1v) is 9.49. The number of hydrogen-bond donors (Lipinski definition) is 0. The molecule has 4 aromatic rings. The van der Waals surface area contributed by atoms with Gasteiger partial charge in [0.25, 0.3) is 5.91 Å². The molecule has 0 fully saturated rings.